The molecule has 10 heteroatoms. The quantitative estimate of drug-likeness (QED) is 0.174. The highest BCUT2D eigenvalue weighted by Gasteiger charge is 2.45. The van der Waals surface area contributed by atoms with Crippen molar-refractivity contribution in [1.29, 1.82) is 0 Å². The molecule has 1 heterocycles. The number of nitrogens with one attached hydrogen (secondary N) is 1. The molecule has 0 fully saturated rings. The topological polar surface area (TPSA) is 78.9 Å². The number of ketones is 1. The highest BCUT2D eigenvalue weighted by atomic mass is 19.3. The third-order valence-corrected chi connectivity index (χ3v) is 7.95. The van der Waals surface area contributed by atoms with E-state index in [9.17, 15) is 23.5 Å². The lowest BCUT2D eigenvalue weighted by molar-refractivity contribution is -0.185. The van der Waals surface area contributed by atoms with Crippen molar-refractivity contribution < 1.29 is 37.0 Å². The molecular weight excluding hydrogens is 588 g/mol. The summed E-state index contributed by atoms with van der Waals surface area (Å²) in [5.74, 6) is -3.94. The second-order valence-corrected chi connectivity index (χ2v) is 11.9. The Morgan fingerprint density at radius 3 is 2.36 bits per heavy atom. The lowest BCUT2D eigenvalue weighted by atomic mass is 9.73. The average molecular weight is 617 g/mol. The van der Waals surface area contributed by atoms with Gasteiger partial charge in [0.1, 0.15) is 28.8 Å². The smallest absolute Gasteiger partial charge is 0.426 e. The molecule has 45 heavy (non-hydrogen) atoms. The van der Waals surface area contributed by atoms with E-state index in [4.69, 9.17) is 4.74 Å². The van der Waals surface area contributed by atoms with E-state index in [1.165, 1.54) is 66.7 Å². The number of carbonyl (C=O) groups is 2. The van der Waals surface area contributed by atoms with Gasteiger partial charge in [0, 0.05) is 29.3 Å². The van der Waals surface area contributed by atoms with Crippen LogP contribution in [0.2, 0.25) is 0 Å². The lowest BCUT2D eigenvalue weighted by Crippen LogP contribution is -2.40. The molecule has 0 unspecified atom stereocenters. The molecule has 2 aliphatic rings. The number of hydrogen-bond acceptors (Lipinski definition) is 5. The van der Waals surface area contributed by atoms with Crippen LogP contribution >= 0.6 is 0 Å². The van der Waals surface area contributed by atoms with Crippen molar-refractivity contribution in [3.8, 4) is 11.5 Å². The molecule has 0 bridgehead atoms. The van der Waals surface area contributed by atoms with Crippen LogP contribution in [0.3, 0.4) is 0 Å². The van der Waals surface area contributed by atoms with E-state index in [2.05, 4.69) is 5.32 Å². The van der Waals surface area contributed by atoms with E-state index in [1.807, 2.05) is 13.8 Å². The minimum atomic E-state index is -3.79. The van der Waals surface area contributed by atoms with Crippen LogP contribution in [0, 0.1) is 17.0 Å². The zero-order chi connectivity index (χ0) is 32.1. The number of alkyl halides is 2. The maximum atomic E-state index is 16.2. The average Bonchev–Trinajstić information content (AvgIpc) is 3.12. The molecule has 1 aliphatic heterocycles. The van der Waals surface area contributed by atoms with E-state index in [-0.39, 0.29) is 40.2 Å². The number of hydrogen-bond donors (Lipinski definition) is 2. The number of para-hydroxylation sites is 1. The number of phenolic OH excluding ortho intramolecular Hbond substituents is 1. The van der Waals surface area contributed by atoms with Crippen LogP contribution in [0.4, 0.5) is 28.9 Å². The number of allylic oxidation sites excluding steroid dienone is 1. The van der Waals surface area contributed by atoms with Crippen LogP contribution in [-0.4, -0.2) is 16.8 Å². The Morgan fingerprint density at radius 1 is 0.933 bits per heavy atom. The fraction of sp³-hybridized carbons (Fsp3) is 0.200. The molecular formula is C35H28F4N2O4. The number of rotatable bonds is 5. The summed E-state index contributed by atoms with van der Waals surface area (Å²) in [5, 5.41) is 14.0. The van der Waals surface area contributed by atoms with Crippen LogP contribution in [0.1, 0.15) is 54.2 Å². The van der Waals surface area contributed by atoms with Crippen molar-refractivity contribution >= 4 is 23.1 Å². The molecule has 0 spiro atoms. The van der Waals surface area contributed by atoms with Crippen LogP contribution in [0.15, 0.2) is 102 Å². The van der Waals surface area contributed by atoms with Gasteiger partial charge in [-0.1, -0.05) is 50.2 Å². The second kappa shape index (κ2) is 11.1. The predicted molar refractivity (Wildman–Crippen MR) is 160 cm³/mol. The Morgan fingerprint density at radius 2 is 1.64 bits per heavy atom. The van der Waals surface area contributed by atoms with Gasteiger partial charge in [0.2, 0.25) is 0 Å². The summed E-state index contributed by atoms with van der Waals surface area (Å²) in [5.41, 5.74) is -1.01. The highest BCUT2D eigenvalue weighted by molar-refractivity contribution is 6.12. The van der Waals surface area contributed by atoms with Gasteiger partial charge in [-0.3, -0.25) is 14.5 Å². The largest absolute Gasteiger partial charge is 0.506 e. The molecule has 4 aromatic rings. The van der Waals surface area contributed by atoms with Crippen molar-refractivity contribution in [3.63, 3.8) is 0 Å². The van der Waals surface area contributed by atoms with Crippen molar-refractivity contribution in [2.75, 3.05) is 10.2 Å². The maximum Gasteiger partial charge on any atom is 0.426 e. The van der Waals surface area contributed by atoms with Gasteiger partial charge < -0.3 is 15.2 Å². The molecule has 0 saturated heterocycles. The molecule has 1 atom stereocenters. The fourth-order valence-electron chi connectivity index (χ4n) is 5.96. The highest BCUT2D eigenvalue weighted by Crippen LogP contribution is 2.51. The summed E-state index contributed by atoms with van der Waals surface area (Å²) in [4.78, 5) is 29.2. The third kappa shape index (κ3) is 5.52. The number of ether oxygens (including phenoxy) is 1. The number of phenols is 1. The summed E-state index contributed by atoms with van der Waals surface area (Å²) in [6, 6.07) is 17.9. The van der Waals surface area contributed by atoms with Crippen LogP contribution in [0.5, 0.6) is 11.5 Å². The standard InChI is InChI=1S/C35H28F4N2O4/c1-34(2)18-26-30(29(43)19-34)32(22-16-15-21(17-25(22)37)45-35(38,39)20-9-4-3-5-10-20)41(27-13-8-14-28(42)31(27)40-26)33(44)23-11-6-7-12-24(23)36/h3-17,32,40,42H,18-19H2,1-2H3/t32-/m1/s1. The van der Waals surface area contributed by atoms with Crippen LogP contribution in [0.25, 0.3) is 0 Å². The van der Waals surface area contributed by atoms with Crippen molar-refractivity contribution in [1.82, 2.24) is 0 Å². The molecule has 1 amide bonds. The van der Waals surface area contributed by atoms with Gasteiger partial charge in [-0.15, -0.1) is 0 Å². The van der Waals surface area contributed by atoms with Crippen LogP contribution in [-0.2, 0) is 10.9 Å². The monoisotopic (exact) mass is 616 g/mol. The van der Waals surface area contributed by atoms with E-state index in [1.54, 1.807) is 6.07 Å². The fourth-order valence-corrected chi connectivity index (χ4v) is 5.96. The number of nitrogens with zero attached hydrogens (tertiary/aromatic N) is 1. The second-order valence-electron chi connectivity index (χ2n) is 11.9. The number of amides is 1. The van der Waals surface area contributed by atoms with Gasteiger partial charge in [-0.05, 0) is 60.4 Å². The first-order valence-corrected chi connectivity index (χ1v) is 14.2. The zero-order valence-corrected chi connectivity index (χ0v) is 24.3. The van der Waals surface area contributed by atoms with E-state index in [0.717, 1.165) is 23.1 Å². The number of anilines is 2. The van der Waals surface area contributed by atoms with Gasteiger partial charge in [0.05, 0.1) is 22.9 Å². The normalized spacial score (nSPS) is 17.6. The Labute approximate surface area is 256 Å². The molecule has 0 aromatic heterocycles. The van der Waals surface area contributed by atoms with Gasteiger partial charge in [0.15, 0.2) is 5.78 Å². The molecule has 0 saturated carbocycles. The minimum Gasteiger partial charge on any atom is -0.506 e. The van der Waals surface area contributed by atoms with Gasteiger partial charge in [-0.25, -0.2) is 8.78 Å². The first-order valence-electron chi connectivity index (χ1n) is 14.2. The number of benzene rings is 4. The third-order valence-electron chi connectivity index (χ3n) is 7.95. The summed E-state index contributed by atoms with van der Waals surface area (Å²) in [7, 11) is 0. The predicted octanol–water partition coefficient (Wildman–Crippen LogP) is 8.26. The van der Waals surface area contributed by atoms with E-state index >= 15 is 8.78 Å². The molecule has 6 rings (SSSR count). The van der Waals surface area contributed by atoms with E-state index < -0.39 is 52.2 Å². The Bertz CT molecular complexity index is 1860. The number of halogens is 4. The SMILES string of the molecule is CC1(C)CC(=O)C2=C(C1)Nc1c(O)cccc1N(C(=O)c1ccccc1F)[C@@H]2c1ccc(OC(F)(F)c2ccccc2)cc1F. The number of carbonyl (C=O) groups excluding carboxylic acids is 2. The minimum absolute atomic E-state index is 0.0387. The Balaban J connectivity index is 1.55. The summed E-state index contributed by atoms with van der Waals surface area (Å²) in [6.45, 7) is 3.76. The lowest BCUT2D eigenvalue weighted by Gasteiger charge is -2.37. The van der Waals surface area contributed by atoms with Crippen LogP contribution < -0.4 is 15.0 Å². The van der Waals surface area contributed by atoms with E-state index in [0.29, 0.717) is 12.1 Å². The molecule has 1 aliphatic carbocycles. The first-order chi connectivity index (χ1) is 21.4. The van der Waals surface area contributed by atoms with Gasteiger partial charge >= 0.3 is 6.11 Å². The molecule has 6 nitrogen and oxygen atoms in total. The van der Waals surface area contributed by atoms with Crippen molar-refractivity contribution in [2.45, 2.75) is 38.8 Å². The van der Waals surface area contributed by atoms with Crippen molar-refractivity contribution in [3.05, 3.63) is 131 Å². The maximum absolute atomic E-state index is 16.2. The number of aromatic hydroxyl groups is 1. The zero-order valence-electron chi connectivity index (χ0n) is 24.3. The Kier molecular flexibility index (Phi) is 7.39. The first kappa shape index (κ1) is 29.9. The van der Waals surface area contributed by atoms with Gasteiger partial charge in [-0.2, -0.15) is 8.78 Å². The van der Waals surface area contributed by atoms with Crippen molar-refractivity contribution in [2.24, 2.45) is 5.41 Å². The summed E-state index contributed by atoms with van der Waals surface area (Å²) >= 11 is 0. The Hall–Kier alpha value is -5.12. The molecule has 230 valence electrons. The molecule has 0 radical (unpaired) electrons. The summed E-state index contributed by atoms with van der Waals surface area (Å²) in [6.07, 6.45) is -3.43. The number of Topliss-reactive ketones (excluding diaryl/α,β-unsaturated/α-hetero) is 1. The summed E-state index contributed by atoms with van der Waals surface area (Å²) < 4.78 is 66.0. The van der Waals surface area contributed by atoms with Gasteiger partial charge in [0.25, 0.3) is 5.91 Å². The molecule has 4 aromatic carbocycles. The number of fused-ring (bicyclic) bond motifs is 1. The molecule has 2 N–H and O–H groups in total.